The lowest BCUT2D eigenvalue weighted by Gasteiger charge is -2.39. The van der Waals surface area contributed by atoms with Crippen LogP contribution in [0.2, 0.25) is 18.1 Å². The number of methoxy groups -OCH3 is 1. The first kappa shape index (κ1) is 29.0. The molecule has 216 valence electrons. The standard InChI is InChI=1S/C30H42N4O4SSi/c1-20(38-40(6,7)30(2,3)4)28-32-25-26(34(28)22-15-13-21(14-16-22)19-37-5)24-17-18-31-27(24)33-29(25)39(35,36)23-11-9-8-10-12-23/h8-12,17-18,20-22H,13-16,19H2,1-7H3,(H,31,33)/t20-,21?,22?/m1/s1. The van der Waals surface area contributed by atoms with Crippen LogP contribution in [0.1, 0.15) is 71.3 Å². The Bertz CT molecular complexity index is 1600. The summed E-state index contributed by atoms with van der Waals surface area (Å²) in [6, 6.07) is 10.6. The Labute approximate surface area is 238 Å². The van der Waals surface area contributed by atoms with E-state index in [0.29, 0.717) is 17.1 Å². The van der Waals surface area contributed by atoms with E-state index < -0.39 is 18.2 Å². The van der Waals surface area contributed by atoms with Crippen molar-refractivity contribution >= 4 is 40.2 Å². The number of pyridine rings is 1. The highest BCUT2D eigenvalue weighted by atomic mass is 32.2. The minimum Gasteiger partial charge on any atom is -0.407 e. The van der Waals surface area contributed by atoms with Crippen LogP contribution in [0.15, 0.2) is 52.5 Å². The van der Waals surface area contributed by atoms with Gasteiger partial charge in [-0.1, -0.05) is 39.0 Å². The van der Waals surface area contributed by atoms with Crippen LogP contribution in [-0.4, -0.2) is 50.0 Å². The number of sulfone groups is 1. The molecule has 5 rings (SSSR count). The average molecular weight is 583 g/mol. The molecule has 0 aliphatic heterocycles. The third kappa shape index (κ3) is 5.15. The van der Waals surface area contributed by atoms with Crippen LogP contribution in [-0.2, 0) is 19.0 Å². The molecule has 0 amide bonds. The summed E-state index contributed by atoms with van der Waals surface area (Å²) < 4.78 is 42.6. The van der Waals surface area contributed by atoms with E-state index in [1.807, 2.05) is 18.3 Å². The van der Waals surface area contributed by atoms with Crippen LogP contribution in [0, 0.1) is 5.92 Å². The second-order valence-electron chi connectivity index (χ2n) is 12.7. The van der Waals surface area contributed by atoms with Gasteiger partial charge in [0.2, 0.25) is 9.84 Å². The van der Waals surface area contributed by atoms with Crippen LogP contribution in [0.4, 0.5) is 0 Å². The van der Waals surface area contributed by atoms with Crippen molar-refractivity contribution in [3.05, 3.63) is 48.4 Å². The summed E-state index contributed by atoms with van der Waals surface area (Å²) in [7, 11) is -4.31. The third-order valence-electron chi connectivity index (χ3n) is 8.87. The maximum atomic E-state index is 14.0. The smallest absolute Gasteiger partial charge is 0.226 e. The lowest BCUT2D eigenvalue weighted by Crippen LogP contribution is -2.41. The quantitative estimate of drug-likeness (QED) is 0.221. The first-order chi connectivity index (χ1) is 18.8. The van der Waals surface area contributed by atoms with Gasteiger partial charge in [0, 0.05) is 31.3 Å². The maximum absolute atomic E-state index is 14.0. The number of hydrogen-bond acceptors (Lipinski definition) is 6. The summed E-state index contributed by atoms with van der Waals surface area (Å²) in [6.07, 6.45) is 5.53. The summed E-state index contributed by atoms with van der Waals surface area (Å²) in [5.41, 5.74) is 1.77. The van der Waals surface area contributed by atoms with Crippen LogP contribution < -0.4 is 0 Å². The number of rotatable bonds is 8. The molecule has 40 heavy (non-hydrogen) atoms. The number of hydrogen-bond donors (Lipinski definition) is 1. The molecule has 1 N–H and O–H groups in total. The van der Waals surface area contributed by atoms with Crippen LogP contribution in [0.3, 0.4) is 0 Å². The fourth-order valence-corrected chi connectivity index (χ4v) is 8.38. The van der Waals surface area contributed by atoms with Gasteiger partial charge in [-0.2, -0.15) is 0 Å². The number of aromatic amines is 1. The van der Waals surface area contributed by atoms with E-state index >= 15 is 0 Å². The van der Waals surface area contributed by atoms with Crippen LogP contribution in [0.5, 0.6) is 0 Å². The molecule has 1 aromatic carbocycles. The Morgan fingerprint density at radius 3 is 2.38 bits per heavy atom. The van der Waals surface area contributed by atoms with Crippen molar-refractivity contribution < 1.29 is 17.6 Å². The minimum absolute atomic E-state index is 0.0174. The van der Waals surface area contributed by atoms with E-state index in [2.05, 4.69) is 55.3 Å². The number of benzene rings is 1. The van der Waals surface area contributed by atoms with E-state index in [1.54, 1.807) is 31.4 Å². The molecule has 3 aromatic heterocycles. The molecule has 10 heteroatoms. The van der Waals surface area contributed by atoms with E-state index in [0.717, 1.165) is 49.0 Å². The molecular weight excluding hydrogens is 541 g/mol. The van der Waals surface area contributed by atoms with E-state index in [-0.39, 0.29) is 27.1 Å². The van der Waals surface area contributed by atoms with E-state index in [9.17, 15) is 8.42 Å². The Kier molecular flexibility index (Phi) is 7.75. The van der Waals surface area contributed by atoms with Gasteiger partial charge in [-0.3, -0.25) is 0 Å². The van der Waals surface area contributed by atoms with Crippen LogP contribution >= 0.6 is 0 Å². The molecule has 1 aliphatic carbocycles. The molecule has 1 fully saturated rings. The zero-order valence-corrected chi connectivity index (χ0v) is 26.5. The highest BCUT2D eigenvalue weighted by Gasteiger charge is 2.40. The normalized spacial score (nSPS) is 19.9. The van der Waals surface area contributed by atoms with Gasteiger partial charge in [-0.15, -0.1) is 0 Å². The highest BCUT2D eigenvalue weighted by Crippen LogP contribution is 2.43. The highest BCUT2D eigenvalue weighted by molar-refractivity contribution is 7.91. The molecular formula is C30H42N4O4SSi. The predicted octanol–water partition coefficient (Wildman–Crippen LogP) is 7.21. The summed E-state index contributed by atoms with van der Waals surface area (Å²) in [6.45, 7) is 14.0. The van der Waals surface area contributed by atoms with Gasteiger partial charge in [-0.05, 0) is 74.9 Å². The molecule has 1 aliphatic rings. The first-order valence-corrected chi connectivity index (χ1v) is 18.6. The van der Waals surface area contributed by atoms with Crippen molar-refractivity contribution in [2.24, 2.45) is 5.92 Å². The van der Waals surface area contributed by atoms with Crippen molar-refractivity contribution in [1.82, 2.24) is 19.5 Å². The van der Waals surface area contributed by atoms with Crippen LogP contribution in [0.25, 0.3) is 22.1 Å². The third-order valence-corrected chi connectivity index (χ3v) is 15.1. The largest absolute Gasteiger partial charge is 0.407 e. The number of H-pyrrole nitrogens is 1. The van der Waals surface area contributed by atoms with Gasteiger partial charge in [-0.25, -0.2) is 18.4 Å². The molecule has 4 aromatic rings. The van der Waals surface area contributed by atoms with E-state index in [4.69, 9.17) is 14.1 Å². The Hall–Kier alpha value is -2.53. The zero-order valence-electron chi connectivity index (χ0n) is 24.7. The number of imidazole rings is 1. The van der Waals surface area contributed by atoms with E-state index in [1.165, 1.54) is 0 Å². The molecule has 1 atom stereocenters. The molecule has 0 unspecified atom stereocenters. The number of nitrogens with zero attached hydrogens (tertiary/aromatic N) is 3. The minimum atomic E-state index is -3.92. The molecule has 8 nitrogen and oxygen atoms in total. The number of ether oxygens (including phenoxy) is 1. The Morgan fingerprint density at radius 2 is 1.75 bits per heavy atom. The summed E-state index contributed by atoms with van der Waals surface area (Å²) >= 11 is 0. The van der Waals surface area contributed by atoms with Gasteiger partial charge < -0.3 is 18.7 Å². The molecule has 3 heterocycles. The van der Waals surface area contributed by atoms with Crippen molar-refractivity contribution in [1.29, 1.82) is 0 Å². The van der Waals surface area contributed by atoms with Gasteiger partial charge in [0.25, 0.3) is 0 Å². The second-order valence-corrected chi connectivity index (χ2v) is 19.3. The monoisotopic (exact) mass is 582 g/mol. The summed E-state index contributed by atoms with van der Waals surface area (Å²) in [4.78, 5) is 13.1. The van der Waals surface area contributed by atoms with Gasteiger partial charge in [0.05, 0.1) is 10.4 Å². The maximum Gasteiger partial charge on any atom is 0.226 e. The summed E-state index contributed by atoms with van der Waals surface area (Å²) in [5, 5.41) is 0.878. The fourth-order valence-electron chi connectivity index (χ4n) is 5.69. The van der Waals surface area contributed by atoms with Crippen molar-refractivity contribution in [3.8, 4) is 0 Å². The van der Waals surface area contributed by atoms with Gasteiger partial charge in [0.1, 0.15) is 23.1 Å². The second kappa shape index (κ2) is 10.7. The fraction of sp³-hybridized carbons (Fsp3) is 0.533. The molecule has 0 bridgehead atoms. The SMILES string of the molecule is COCC1CCC(n2c([C@@H](C)O[Si](C)(C)C(C)(C)C)nc3c(S(=O)(=O)c4ccccc4)nc4[nH]ccc4c32)CC1. The topological polar surface area (TPSA) is 99.1 Å². The Balaban J connectivity index is 1.74. The Morgan fingerprint density at radius 1 is 1.07 bits per heavy atom. The lowest BCUT2D eigenvalue weighted by atomic mass is 9.86. The summed E-state index contributed by atoms with van der Waals surface area (Å²) in [5.74, 6) is 1.30. The number of aromatic nitrogens is 4. The predicted molar refractivity (Wildman–Crippen MR) is 161 cm³/mol. The molecule has 0 saturated heterocycles. The molecule has 0 radical (unpaired) electrons. The molecule has 0 spiro atoms. The molecule has 1 saturated carbocycles. The van der Waals surface area contributed by atoms with Crippen molar-refractivity contribution in [2.45, 2.75) is 93.6 Å². The van der Waals surface area contributed by atoms with Crippen molar-refractivity contribution in [3.63, 3.8) is 0 Å². The average Bonchev–Trinajstić information content (AvgIpc) is 3.53. The number of nitrogens with one attached hydrogen (secondary N) is 1. The number of fused-ring (bicyclic) bond motifs is 3. The first-order valence-electron chi connectivity index (χ1n) is 14.2. The van der Waals surface area contributed by atoms with Gasteiger partial charge >= 0.3 is 0 Å². The lowest BCUT2D eigenvalue weighted by molar-refractivity contribution is 0.118. The zero-order chi connectivity index (χ0) is 28.9. The van der Waals surface area contributed by atoms with Gasteiger partial charge in [0.15, 0.2) is 13.3 Å². The van der Waals surface area contributed by atoms with Crippen molar-refractivity contribution in [2.75, 3.05) is 13.7 Å².